The van der Waals surface area contributed by atoms with E-state index in [0.29, 0.717) is 18.7 Å². The molecule has 4 heteroatoms. The number of hydrogen-bond acceptors (Lipinski definition) is 2. The Labute approximate surface area is 135 Å². The van der Waals surface area contributed by atoms with Crippen molar-refractivity contribution in [2.75, 3.05) is 31.1 Å². The van der Waals surface area contributed by atoms with Crippen molar-refractivity contribution in [2.24, 2.45) is 0 Å². The van der Waals surface area contributed by atoms with Gasteiger partial charge in [-0.2, -0.15) is 0 Å². The van der Waals surface area contributed by atoms with Crippen LogP contribution in [0.2, 0.25) is 0 Å². The van der Waals surface area contributed by atoms with Crippen LogP contribution in [-0.2, 0) is 4.79 Å². The highest BCUT2D eigenvalue weighted by Gasteiger charge is 2.19. The van der Waals surface area contributed by atoms with Crippen molar-refractivity contribution in [1.82, 2.24) is 4.90 Å². The first-order valence-corrected chi connectivity index (χ1v) is 7.75. The van der Waals surface area contributed by atoms with E-state index in [1.54, 1.807) is 18.2 Å². The quantitative estimate of drug-likeness (QED) is 0.813. The summed E-state index contributed by atoms with van der Waals surface area (Å²) in [4.78, 5) is 16.3. The van der Waals surface area contributed by atoms with Gasteiger partial charge in [-0.15, -0.1) is 0 Å². The van der Waals surface area contributed by atoms with E-state index < -0.39 is 0 Å². The maximum atomic E-state index is 13.1. The van der Waals surface area contributed by atoms with E-state index in [2.05, 4.69) is 17.0 Å². The van der Waals surface area contributed by atoms with Gasteiger partial charge in [0, 0.05) is 37.9 Å². The fraction of sp³-hybridized carbons (Fsp3) is 0.211. The third-order valence-corrected chi connectivity index (χ3v) is 3.98. The second-order valence-electron chi connectivity index (χ2n) is 5.54. The summed E-state index contributed by atoms with van der Waals surface area (Å²) in [6.45, 7) is 3.04. The zero-order valence-electron chi connectivity index (χ0n) is 12.9. The maximum Gasteiger partial charge on any atom is 0.246 e. The summed E-state index contributed by atoms with van der Waals surface area (Å²) >= 11 is 0. The lowest BCUT2D eigenvalue weighted by Gasteiger charge is -2.35. The van der Waals surface area contributed by atoms with Crippen LogP contribution in [0.3, 0.4) is 0 Å². The molecule has 0 N–H and O–H groups in total. The number of piperazine rings is 1. The van der Waals surface area contributed by atoms with E-state index in [4.69, 9.17) is 0 Å². The molecule has 23 heavy (non-hydrogen) atoms. The Bertz CT molecular complexity index is 692. The molecule has 1 aliphatic rings. The third kappa shape index (κ3) is 3.97. The summed E-state index contributed by atoms with van der Waals surface area (Å²) in [5.74, 6) is -0.321. The summed E-state index contributed by atoms with van der Waals surface area (Å²) in [5.41, 5.74) is 1.89. The van der Waals surface area contributed by atoms with Crippen molar-refractivity contribution < 1.29 is 9.18 Å². The highest BCUT2D eigenvalue weighted by molar-refractivity contribution is 5.92. The molecule has 2 aromatic rings. The molecule has 3 rings (SSSR count). The molecule has 0 bridgehead atoms. The molecule has 0 unspecified atom stereocenters. The van der Waals surface area contributed by atoms with Crippen LogP contribution in [0.5, 0.6) is 0 Å². The Balaban J connectivity index is 1.56. The number of para-hydroxylation sites is 1. The lowest BCUT2D eigenvalue weighted by atomic mass is 10.2. The minimum atomic E-state index is -0.295. The van der Waals surface area contributed by atoms with Crippen LogP contribution in [0.4, 0.5) is 10.1 Å². The molecule has 0 saturated carbocycles. The molecule has 2 aromatic carbocycles. The van der Waals surface area contributed by atoms with Gasteiger partial charge in [-0.25, -0.2) is 4.39 Å². The Morgan fingerprint density at radius 3 is 2.39 bits per heavy atom. The van der Waals surface area contributed by atoms with Gasteiger partial charge in [-0.05, 0) is 35.9 Å². The van der Waals surface area contributed by atoms with Gasteiger partial charge in [0.25, 0.3) is 0 Å². The van der Waals surface area contributed by atoms with Crippen molar-refractivity contribution >= 4 is 17.7 Å². The predicted molar refractivity (Wildman–Crippen MR) is 90.7 cm³/mol. The molecular formula is C19H19FN2O. The highest BCUT2D eigenvalue weighted by atomic mass is 19.1. The number of carbonyl (C=O) groups is 1. The van der Waals surface area contributed by atoms with Crippen LogP contribution in [0, 0.1) is 5.82 Å². The van der Waals surface area contributed by atoms with Crippen LogP contribution in [0.25, 0.3) is 6.08 Å². The zero-order valence-corrected chi connectivity index (χ0v) is 12.9. The molecule has 0 atom stereocenters. The van der Waals surface area contributed by atoms with Gasteiger partial charge in [0.05, 0.1) is 0 Å². The molecule has 1 aliphatic heterocycles. The summed E-state index contributed by atoms with van der Waals surface area (Å²) in [7, 11) is 0. The summed E-state index contributed by atoms with van der Waals surface area (Å²) in [6, 6.07) is 16.4. The Morgan fingerprint density at radius 1 is 0.957 bits per heavy atom. The van der Waals surface area contributed by atoms with Crippen LogP contribution >= 0.6 is 0 Å². The Kier molecular flexibility index (Phi) is 4.71. The van der Waals surface area contributed by atoms with Crippen LogP contribution in [0.1, 0.15) is 5.56 Å². The average Bonchev–Trinajstić information content (AvgIpc) is 2.61. The number of hydrogen-bond donors (Lipinski definition) is 0. The summed E-state index contributed by atoms with van der Waals surface area (Å²) < 4.78 is 13.1. The van der Waals surface area contributed by atoms with Crippen molar-refractivity contribution in [2.45, 2.75) is 0 Å². The SMILES string of the molecule is O=C(/C=C/c1cccc(F)c1)N1CCN(c2ccccc2)CC1. The lowest BCUT2D eigenvalue weighted by Crippen LogP contribution is -2.48. The number of anilines is 1. The topological polar surface area (TPSA) is 23.6 Å². The van der Waals surface area contributed by atoms with E-state index in [1.807, 2.05) is 23.1 Å². The molecule has 0 aromatic heterocycles. The summed E-state index contributed by atoms with van der Waals surface area (Å²) in [5, 5.41) is 0. The monoisotopic (exact) mass is 310 g/mol. The minimum Gasteiger partial charge on any atom is -0.368 e. The summed E-state index contributed by atoms with van der Waals surface area (Å²) in [6.07, 6.45) is 3.18. The molecule has 1 saturated heterocycles. The van der Waals surface area contributed by atoms with E-state index in [-0.39, 0.29) is 11.7 Å². The minimum absolute atomic E-state index is 0.0260. The molecule has 0 spiro atoms. The van der Waals surface area contributed by atoms with Crippen molar-refractivity contribution in [3.05, 3.63) is 72.1 Å². The predicted octanol–water partition coefficient (Wildman–Crippen LogP) is 3.19. The lowest BCUT2D eigenvalue weighted by molar-refractivity contribution is -0.126. The second kappa shape index (κ2) is 7.09. The average molecular weight is 310 g/mol. The smallest absolute Gasteiger partial charge is 0.246 e. The van der Waals surface area contributed by atoms with Crippen LogP contribution in [0.15, 0.2) is 60.7 Å². The number of halogens is 1. The number of carbonyl (C=O) groups excluding carboxylic acids is 1. The Morgan fingerprint density at radius 2 is 1.70 bits per heavy atom. The van der Waals surface area contributed by atoms with E-state index in [0.717, 1.165) is 13.1 Å². The fourth-order valence-electron chi connectivity index (χ4n) is 2.71. The first kappa shape index (κ1) is 15.3. The van der Waals surface area contributed by atoms with E-state index in [1.165, 1.54) is 23.9 Å². The first-order chi connectivity index (χ1) is 11.2. The maximum absolute atomic E-state index is 13.1. The van der Waals surface area contributed by atoms with Crippen molar-refractivity contribution in [3.63, 3.8) is 0 Å². The van der Waals surface area contributed by atoms with Gasteiger partial charge >= 0.3 is 0 Å². The third-order valence-electron chi connectivity index (χ3n) is 3.98. The molecule has 1 heterocycles. The molecule has 1 amide bonds. The normalized spacial score (nSPS) is 15.2. The van der Waals surface area contributed by atoms with Gasteiger partial charge in [0.1, 0.15) is 5.82 Å². The van der Waals surface area contributed by atoms with Crippen molar-refractivity contribution in [3.8, 4) is 0 Å². The standard InChI is InChI=1S/C19H19FN2O/c20-17-6-4-5-16(15-17)9-10-19(23)22-13-11-21(12-14-22)18-7-2-1-3-8-18/h1-10,15H,11-14H2/b10-9+. The molecule has 1 fully saturated rings. The zero-order chi connectivity index (χ0) is 16.1. The fourth-order valence-corrected chi connectivity index (χ4v) is 2.71. The Hall–Kier alpha value is -2.62. The molecule has 118 valence electrons. The van der Waals surface area contributed by atoms with Gasteiger partial charge in [0.2, 0.25) is 5.91 Å². The number of amides is 1. The molecule has 0 radical (unpaired) electrons. The number of rotatable bonds is 3. The second-order valence-corrected chi connectivity index (χ2v) is 5.54. The van der Waals surface area contributed by atoms with Gasteiger partial charge in [-0.1, -0.05) is 30.3 Å². The van der Waals surface area contributed by atoms with Gasteiger partial charge in [-0.3, -0.25) is 4.79 Å². The molecule has 3 nitrogen and oxygen atoms in total. The number of benzene rings is 2. The van der Waals surface area contributed by atoms with Gasteiger partial charge in [0.15, 0.2) is 0 Å². The highest BCUT2D eigenvalue weighted by Crippen LogP contribution is 2.15. The van der Waals surface area contributed by atoms with E-state index >= 15 is 0 Å². The van der Waals surface area contributed by atoms with Crippen LogP contribution in [-0.4, -0.2) is 37.0 Å². The molecule has 0 aliphatic carbocycles. The van der Waals surface area contributed by atoms with Crippen molar-refractivity contribution in [1.29, 1.82) is 0 Å². The number of nitrogens with zero attached hydrogens (tertiary/aromatic N) is 2. The van der Waals surface area contributed by atoms with Crippen LogP contribution < -0.4 is 4.90 Å². The largest absolute Gasteiger partial charge is 0.368 e. The van der Waals surface area contributed by atoms with Gasteiger partial charge < -0.3 is 9.80 Å². The van der Waals surface area contributed by atoms with E-state index in [9.17, 15) is 9.18 Å². The first-order valence-electron chi connectivity index (χ1n) is 7.75. The molecular weight excluding hydrogens is 291 g/mol.